The highest BCUT2D eigenvalue weighted by atomic mass is 16.5. The smallest absolute Gasteiger partial charge is 0.332 e. The highest BCUT2D eigenvalue weighted by molar-refractivity contribution is 5.88. The Kier molecular flexibility index (Phi) is 3.29. The average molecular weight is 192 g/mol. The van der Waals surface area contributed by atoms with Crippen molar-refractivity contribution in [3.63, 3.8) is 0 Å². The summed E-state index contributed by atoms with van der Waals surface area (Å²) in [7, 11) is 1.46. The van der Waals surface area contributed by atoms with Gasteiger partial charge in [-0.1, -0.05) is 24.3 Å². The van der Waals surface area contributed by atoms with Gasteiger partial charge in [-0.25, -0.2) is 4.79 Å². The standard InChI is InChI=1S/C11H12O3/c1-8-5-3-4-6-9(8)10(14-2)7-11(12)13/h3-7H,1-2H3,(H,12,13)/b10-7-. The monoisotopic (exact) mass is 192 g/mol. The molecule has 74 valence electrons. The maximum atomic E-state index is 10.5. The molecule has 1 N–H and O–H groups in total. The van der Waals surface area contributed by atoms with Crippen molar-refractivity contribution in [2.45, 2.75) is 6.92 Å². The minimum atomic E-state index is -1.01. The Balaban J connectivity index is 3.13. The van der Waals surface area contributed by atoms with Gasteiger partial charge in [0.25, 0.3) is 0 Å². The van der Waals surface area contributed by atoms with Crippen LogP contribution < -0.4 is 0 Å². The van der Waals surface area contributed by atoms with Gasteiger partial charge in [-0.2, -0.15) is 0 Å². The summed E-state index contributed by atoms with van der Waals surface area (Å²) in [5, 5.41) is 8.61. The van der Waals surface area contributed by atoms with Gasteiger partial charge in [0.2, 0.25) is 0 Å². The van der Waals surface area contributed by atoms with Crippen molar-refractivity contribution in [1.29, 1.82) is 0 Å². The third-order valence-corrected chi connectivity index (χ3v) is 1.89. The molecule has 1 rings (SSSR count). The van der Waals surface area contributed by atoms with Gasteiger partial charge in [0.05, 0.1) is 13.2 Å². The lowest BCUT2D eigenvalue weighted by Crippen LogP contribution is -1.96. The lowest BCUT2D eigenvalue weighted by molar-refractivity contribution is -0.131. The van der Waals surface area contributed by atoms with E-state index in [1.54, 1.807) is 0 Å². The molecule has 1 aromatic rings. The molecule has 14 heavy (non-hydrogen) atoms. The zero-order valence-electron chi connectivity index (χ0n) is 8.15. The van der Waals surface area contributed by atoms with Crippen molar-refractivity contribution in [2.75, 3.05) is 7.11 Å². The molecule has 0 aliphatic heterocycles. The fourth-order valence-corrected chi connectivity index (χ4v) is 1.21. The summed E-state index contributed by atoms with van der Waals surface area (Å²) < 4.78 is 5.01. The Morgan fingerprint density at radius 1 is 1.43 bits per heavy atom. The van der Waals surface area contributed by atoms with E-state index in [2.05, 4.69) is 0 Å². The van der Waals surface area contributed by atoms with Crippen LogP contribution in [0.5, 0.6) is 0 Å². The van der Waals surface area contributed by atoms with Gasteiger partial charge in [-0.15, -0.1) is 0 Å². The normalized spacial score (nSPS) is 11.1. The molecule has 0 saturated heterocycles. The van der Waals surface area contributed by atoms with Gasteiger partial charge in [-0.05, 0) is 12.5 Å². The number of aryl methyl sites for hydroxylation is 1. The van der Waals surface area contributed by atoms with E-state index in [-0.39, 0.29) is 0 Å². The van der Waals surface area contributed by atoms with Crippen molar-refractivity contribution < 1.29 is 14.6 Å². The molecule has 0 atom stereocenters. The van der Waals surface area contributed by atoms with Crippen molar-refractivity contribution in [2.24, 2.45) is 0 Å². The first-order valence-corrected chi connectivity index (χ1v) is 4.19. The minimum Gasteiger partial charge on any atom is -0.496 e. The van der Waals surface area contributed by atoms with Gasteiger partial charge < -0.3 is 9.84 Å². The van der Waals surface area contributed by atoms with Crippen LogP contribution in [0.2, 0.25) is 0 Å². The van der Waals surface area contributed by atoms with Crippen LogP contribution in [-0.2, 0) is 9.53 Å². The van der Waals surface area contributed by atoms with E-state index in [0.717, 1.165) is 17.2 Å². The topological polar surface area (TPSA) is 46.5 Å². The second kappa shape index (κ2) is 4.46. The first-order chi connectivity index (χ1) is 6.65. The summed E-state index contributed by atoms with van der Waals surface area (Å²) in [4.78, 5) is 10.5. The molecule has 0 unspecified atom stereocenters. The van der Waals surface area contributed by atoms with E-state index in [1.165, 1.54) is 7.11 Å². The maximum Gasteiger partial charge on any atom is 0.332 e. The summed E-state index contributed by atoms with van der Waals surface area (Å²) in [5.41, 5.74) is 1.79. The van der Waals surface area contributed by atoms with E-state index < -0.39 is 5.97 Å². The molecule has 0 radical (unpaired) electrons. The lowest BCUT2D eigenvalue weighted by Gasteiger charge is -2.07. The van der Waals surface area contributed by atoms with Gasteiger partial charge in [0, 0.05) is 5.56 Å². The van der Waals surface area contributed by atoms with Gasteiger partial charge in [-0.3, -0.25) is 0 Å². The Labute approximate surface area is 82.6 Å². The van der Waals surface area contributed by atoms with Gasteiger partial charge in [0.15, 0.2) is 0 Å². The van der Waals surface area contributed by atoms with Crippen LogP contribution in [0.4, 0.5) is 0 Å². The number of rotatable bonds is 3. The second-order valence-corrected chi connectivity index (χ2v) is 2.87. The molecule has 0 spiro atoms. The molecular weight excluding hydrogens is 180 g/mol. The number of carboxylic acid groups (broad SMARTS) is 1. The fourth-order valence-electron chi connectivity index (χ4n) is 1.21. The molecule has 0 fully saturated rings. The third-order valence-electron chi connectivity index (χ3n) is 1.89. The molecule has 1 aromatic carbocycles. The summed E-state index contributed by atoms with van der Waals surface area (Å²) in [6.45, 7) is 1.91. The average Bonchev–Trinajstić information content (AvgIpc) is 2.15. The number of carboxylic acids is 1. The number of methoxy groups -OCH3 is 1. The predicted octanol–water partition coefficient (Wildman–Crippen LogP) is 2.07. The molecule has 3 heteroatoms. The molecular formula is C11H12O3. The summed E-state index contributed by atoms with van der Waals surface area (Å²) in [6.07, 6.45) is 1.06. The van der Waals surface area contributed by atoms with Crippen LogP contribution in [0.15, 0.2) is 30.3 Å². The van der Waals surface area contributed by atoms with Crippen molar-refractivity contribution in [3.8, 4) is 0 Å². The zero-order valence-corrected chi connectivity index (χ0v) is 8.15. The second-order valence-electron chi connectivity index (χ2n) is 2.87. The van der Waals surface area contributed by atoms with Crippen LogP contribution in [0.1, 0.15) is 11.1 Å². The number of benzene rings is 1. The third kappa shape index (κ3) is 2.36. The molecule has 0 bridgehead atoms. The van der Waals surface area contributed by atoms with Crippen LogP contribution in [-0.4, -0.2) is 18.2 Å². The van der Waals surface area contributed by atoms with Gasteiger partial charge >= 0.3 is 5.97 Å². The van der Waals surface area contributed by atoms with Crippen LogP contribution in [0, 0.1) is 6.92 Å². The summed E-state index contributed by atoms with van der Waals surface area (Å²) in [5.74, 6) is -0.638. The highest BCUT2D eigenvalue weighted by Gasteiger charge is 2.05. The van der Waals surface area contributed by atoms with Crippen LogP contribution in [0.3, 0.4) is 0 Å². The van der Waals surface area contributed by atoms with E-state index in [4.69, 9.17) is 9.84 Å². The number of carbonyl (C=O) groups is 1. The number of hydrogen-bond donors (Lipinski definition) is 1. The van der Waals surface area contributed by atoms with Crippen LogP contribution >= 0.6 is 0 Å². The first-order valence-electron chi connectivity index (χ1n) is 4.19. The molecule has 0 aliphatic carbocycles. The quantitative estimate of drug-likeness (QED) is 0.589. The molecule has 3 nitrogen and oxygen atoms in total. The van der Waals surface area contributed by atoms with E-state index in [1.807, 2.05) is 31.2 Å². The number of aliphatic carboxylic acids is 1. The number of ether oxygens (including phenoxy) is 1. The minimum absolute atomic E-state index is 0.371. The lowest BCUT2D eigenvalue weighted by atomic mass is 10.1. The predicted molar refractivity (Wildman–Crippen MR) is 53.8 cm³/mol. The molecule has 0 saturated carbocycles. The molecule has 0 aromatic heterocycles. The maximum absolute atomic E-state index is 10.5. The van der Waals surface area contributed by atoms with Crippen molar-refractivity contribution in [3.05, 3.63) is 41.5 Å². The first kappa shape index (κ1) is 10.3. The highest BCUT2D eigenvalue weighted by Crippen LogP contribution is 2.18. The van der Waals surface area contributed by atoms with Crippen LogP contribution in [0.25, 0.3) is 5.76 Å². The summed E-state index contributed by atoms with van der Waals surface area (Å²) >= 11 is 0. The summed E-state index contributed by atoms with van der Waals surface area (Å²) in [6, 6.07) is 7.47. The van der Waals surface area contributed by atoms with E-state index in [9.17, 15) is 4.79 Å². The van der Waals surface area contributed by atoms with E-state index >= 15 is 0 Å². The van der Waals surface area contributed by atoms with Crippen molar-refractivity contribution in [1.82, 2.24) is 0 Å². The molecule has 0 aliphatic rings. The Morgan fingerprint density at radius 2 is 2.07 bits per heavy atom. The largest absolute Gasteiger partial charge is 0.496 e. The fraction of sp³-hybridized carbons (Fsp3) is 0.182. The zero-order chi connectivity index (χ0) is 10.6. The molecule has 0 heterocycles. The molecule has 0 amide bonds. The Morgan fingerprint density at radius 3 is 2.57 bits per heavy atom. The van der Waals surface area contributed by atoms with E-state index in [0.29, 0.717) is 5.76 Å². The Hall–Kier alpha value is -1.77. The Bertz CT molecular complexity index is 367. The SMILES string of the molecule is CO/C(=C\C(=O)O)c1ccccc1C. The van der Waals surface area contributed by atoms with Crippen molar-refractivity contribution >= 4 is 11.7 Å². The number of hydrogen-bond acceptors (Lipinski definition) is 2. The van der Waals surface area contributed by atoms with Gasteiger partial charge in [0.1, 0.15) is 5.76 Å².